The van der Waals surface area contributed by atoms with Crippen molar-refractivity contribution in [1.82, 2.24) is 10.7 Å². The summed E-state index contributed by atoms with van der Waals surface area (Å²) in [6.07, 6.45) is 1.63. The van der Waals surface area contributed by atoms with Gasteiger partial charge < -0.3 is 10.4 Å². The molecule has 21 heavy (non-hydrogen) atoms. The summed E-state index contributed by atoms with van der Waals surface area (Å²) < 4.78 is 0.622. The predicted molar refractivity (Wildman–Crippen MR) is 92.4 cm³/mol. The van der Waals surface area contributed by atoms with Gasteiger partial charge in [0.05, 0.1) is 10.7 Å². The van der Waals surface area contributed by atoms with Crippen LogP contribution < -0.4 is 10.7 Å². The number of thiocarbonyl (C=S) groups is 1. The Labute approximate surface area is 137 Å². The van der Waals surface area contributed by atoms with Crippen LogP contribution in [-0.4, -0.2) is 16.4 Å². The maximum Gasteiger partial charge on any atom is 0.187 e. The number of aromatic hydroxyl groups is 1. The summed E-state index contributed by atoms with van der Waals surface area (Å²) >= 11 is 8.38. The molecule has 0 aliphatic rings. The molecule has 108 valence electrons. The molecule has 0 atom stereocenters. The average molecular weight is 364 g/mol. The van der Waals surface area contributed by atoms with Crippen LogP contribution in [0.2, 0.25) is 0 Å². The lowest BCUT2D eigenvalue weighted by atomic mass is 10.2. The third kappa shape index (κ3) is 5.17. The van der Waals surface area contributed by atoms with Crippen LogP contribution in [0.15, 0.2) is 58.1 Å². The molecule has 2 aromatic carbocycles. The van der Waals surface area contributed by atoms with Gasteiger partial charge in [0.1, 0.15) is 5.75 Å². The van der Waals surface area contributed by atoms with Gasteiger partial charge in [-0.15, -0.1) is 0 Å². The average Bonchev–Trinajstić information content (AvgIpc) is 2.50. The lowest BCUT2D eigenvalue weighted by Gasteiger charge is -2.06. The van der Waals surface area contributed by atoms with Crippen LogP contribution >= 0.6 is 28.1 Å². The Balaban J connectivity index is 1.80. The van der Waals surface area contributed by atoms with Gasteiger partial charge in [0.2, 0.25) is 0 Å². The van der Waals surface area contributed by atoms with Gasteiger partial charge in [-0.1, -0.05) is 30.3 Å². The first-order chi connectivity index (χ1) is 10.1. The molecule has 2 aromatic rings. The van der Waals surface area contributed by atoms with Gasteiger partial charge in [0.15, 0.2) is 5.11 Å². The summed E-state index contributed by atoms with van der Waals surface area (Å²) in [6, 6.07) is 15.1. The summed E-state index contributed by atoms with van der Waals surface area (Å²) in [5.74, 6) is 0.195. The van der Waals surface area contributed by atoms with Crippen LogP contribution in [-0.2, 0) is 6.54 Å². The van der Waals surface area contributed by atoms with Crippen molar-refractivity contribution in [2.45, 2.75) is 6.54 Å². The van der Waals surface area contributed by atoms with Crippen molar-refractivity contribution in [2.75, 3.05) is 0 Å². The third-order valence-corrected chi connectivity index (χ3v) is 3.52. The molecule has 0 bridgehead atoms. The first kappa shape index (κ1) is 15.5. The van der Waals surface area contributed by atoms with Gasteiger partial charge in [-0.05, 0) is 57.5 Å². The molecule has 0 saturated heterocycles. The molecule has 0 aliphatic carbocycles. The van der Waals surface area contributed by atoms with E-state index < -0.39 is 0 Å². The Kier molecular flexibility index (Phi) is 5.71. The maximum atomic E-state index is 9.40. The molecule has 0 unspecified atom stereocenters. The largest absolute Gasteiger partial charge is 0.507 e. The molecule has 0 aromatic heterocycles. The normalized spacial score (nSPS) is 10.5. The van der Waals surface area contributed by atoms with Gasteiger partial charge in [0, 0.05) is 6.54 Å². The number of hydrazone groups is 1. The fraction of sp³-hybridized carbons (Fsp3) is 0.0667. The van der Waals surface area contributed by atoms with Gasteiger partial charge in [-0.25, -0.2) is 0 Å². The first-order valence-electron chi connectivity index (χ1n) is 6.24. The van der Waals surface area contributed by atoms with E-state index in [1.807, 2.05) is 30.3 Å². The zero-order valence-corrected chi connectivity index (χ0v) is 13.5. The minimum absolute atomic E-state index is 0.195. The van der Waals surface area contributed by atoms with Gasteiger partial charge in [-0.2, -0.15) is 5.10 Å². The van der Waals surface area contributed by atoms with E-state index in [1.54, 1.807) is 24.4 Å². The van der Waals surface area contributed by atoms with Crippen molar-refractivity contribution >= 4 is 39.5 Å². The fourth-order valence-corrected chi connectivity index (χ4v) is 2.11. The number of hydrogen-bond acceptors (Lipinski definition) is 3. The van der Waals surface area contributed by atoms with Gasteiger partial charge in [0.25, 0.3) is 0 Å². The number of halogens is 1. The summed E-state index contributed by atoms with van der Waals surface area (Å²) in [4.78, 5) is 0. The van der Waals surface area contributed by atoms with E-state index in [1.165, 1.54) is 0 Å². The van der Waals surface area contributed by atoms with E-state index in [9.17, 15) is 5.11 Å². The molecule has 0 aliphatic heterocycles. The van der Waals surface area contributed by atoms with E-state index >= 15 is 0 Å². The standard InChI is InChI=1S/C15H14BrN3OS/c16-13-8-12(6-7-14(13)20)10-18-19-15(21)17-9-11-4-2-1-3-5-11/h1-8,10,20H,9H2,(H2,17,19,21)/b18-10+. The summed E-state index contributed by atoms with van der Waals surface area (Å²) in [7, 11) is 0. The molecule has 0 amide bonds. The summed E-state index contributed by atoms with van der Waals surface area (Å²) in [5.41, 5.74) is 4.74. The Bertz CT molecular complexity index is 647. The Morgan fingerprint density at radius 1 is 1.24 bits per heavy atom. The molecule has 4 nitrogen and oxygen atoms in total. The SMILES string of the molecule is Oc1ccc(/C=N/NC(=S)NCc2ccccc2)cc1Br. The monoisotopic (exact) mass is 363 g/mol. The van der Waals surface area contributed by atoms with E-state index in [0.29, 0.717) is 16.1 Å². The zero-order chi connectivity index (χ0) is 15.1. The van der Waals surface area contributed by atoms with Crippen LogP contribution in [0.5, 0.6) is 5.75 Å². The molecule has 0 fully saturated rings. The lowest BCUT2D eigenvalue weighted by molar-refractivity contribution is 0.472. The number of benzene rings is 2. The second kappa shape index (κ2) is 7.75. The van der Waals surface area contributed by atoms with Gasteiger partial charge >= 0.3 is 0 Å². The van der Waals surface area contributed by atoms with Crippen molar-refractivity contribution in [2.24, 2.45) is 5.10 Å². The highest BCUT2D eigenvalue weighted by Crippen LogP contribution is 2.23. The van der Waals surface area contributed by atoms with Crippen molar-refractivity contribution in [3.05, 3.63) is 64.1 Å². The molecule has 0 spiro atoms. The topological polar surface area (TPSA) is 56.7 Å². The zero-order valence-electron chi connectivity index (χ0n) is 11.1. The molecular formula is C15H14BrN3OS. The van der Waals surface area contributed by atoms with E-state index in [0.717, 1.165) is 11.1 Å². The molecule has 3 N–H and O–H groups in total. The Hall–Kier alpha value is -1.92. The van der Waals surface area contributed by atoms with Crippen LogP contribution in [0.4, 0.5) is 0 Å². The molecular weight excluding hydrogens is 350 g/mol. The van der Waals surface area contributed by atoms with Crippen LogP contribution in [0.3, 0.4) is 0 Å². The quantitative estimate of drug-likeness (QED) is 0.443. The third-order valence-electron chi connectivity index (χ3n) is 2.65. The predicted octanol–water partition coefficient (Wildman–Crippen LogP) is 3.15. The number of phenolic OH excluding ortho intramolecular Hbond substituents is 1. The highest BCUT2D eigenvalue weighted by Gasteiger charge is 1.98. The van der Waals surface area contributed by atoms with Gasteiger partial charge in [-0.3, -0.25) is 5.43 Å². The summed E-state index contributed by atoms with van der Waals surface area (Å²) in [5, 5.41) is 17.0. The second-order valence-corrected chi connectivity index (χ2v) is 5.51. The molecule has 6 heteroatoms. The molecule has 2 rings (SSSR count). The number of nitrogens with zero attached hydrogens (tertiary/aromatic N) is 1. The minimum atomic E-state index is 0.195. The van der Waals surface area contributed by atoms with Crippen LogP contribution in [0.1, 0.15) is 11.1 Å². The minimum Gasteiger partial charge on any atom is -0.507 e. The highest BCUT2D eigenvalue weighted by molar-refractivity contribution is 9.10. The van der Waals surface area contributed by atoms with E-state index in [2.05, 4.69) is 31.8 Å². The number of phenols is 1. The van der Waals surface area contributed by atoms with Crippen molar-refractivity contribution in [3.63, 3.8) is 0 Å². The molecule has 0 radical (unpaired) electrons. The number of nitrogens with one attached hydrogen (secondary N) is 2. The van der Waals surface area contributed by atoms with Crippen molar-refractivity contribution in [3.8, 4) is 5.75 Å². The molecule has 0 heterocycles. The van der Waals surface area contributed by atoms with Crippen molar-refractivity contribution < 1.29 is 5.11 Å². The highest BCUT2D eigenvalue weighted by atomic mass is 79.9. The van der Waals surface area contributed by atoms with Crippen LogP contribution in [0.25, 0.3) is 0 Å². The van der Waals surface area contributed by atoms with E-state index in [4.69, 9.17) is 12.2 Å². The van der Waals surface area contributed by atoms with E-state index in [-0.39, 0.29) is 5.75 Å². The fourth-order valence-electron chi connectivity index (χ4n) is 1.59. The van der Waals surface area contributed by atoms with Crippen molar-refractivity contribution in [1.29, 1.82) is 0 Å². The number of hydrogen-bond donors (Lipinski definition) is 3. The smallest absolute Gasteiger partial charge is 0.187 e. The summed E-state index contributed by atoms with van der Waals surface area (Å²) in [6.45, 7) is 0.646. The van der Waals surface area contributed by atoms with Crippen LogP contribution in [0, 0.1) is 0 Å². The lowest BCUT2D eigenvalue weighted by Crippen LogP contribution is -2.31. The Morgan fingerprint density at radius 2 is 2.00 bits per heavy atom. The maximum absolute atomic E-state index is 9.40. The Morgan fingerprint density at radius 3 is 2.71 bits per heavy atom. The first-order valence-corrected chi connectivity index (χ1v) is 7.44. The second-order valence-electron chi connectivity index (χ2n) is 4.25. The number of rotatable bonds is 4. The molecule has 0 saturated carbocycles.